The van der Waals surface area contributed by atoms with Crippen LogP contribution in [0.1, 0.15) is 48.5 Å². The summed E-state index contributed by atoms with van der Waals surface area (Å²) < 4.78 is 5.30. The van der Waals surface area contributed by atoms with Gasteiger partial charge in [0.15, 0.2) is 0 Å². The van der Waals surface area contributed by atoms with E-state index in [1.165, 1.54) is 0 Å². The number of carbonyl (C=O) groups excluding carboxylic acids is 1. The van der Waals surface area contributed by atoms with Crippen molar-refractivity contribution in [3.05, 3.63) is 0 Å². The van der Waals surface area contributed by atoms with E-state index in [1.807, 2.05) is 41.5 Å². The van der Waals surface area contributed by atoms with Crippen LogP contribution in [0.15, 0.2) is 0 Å². The van der Waals surface area contributed by atoms with E-state index in [0.717, 1.165) is 0 Å². The maximum atomic E-state index is 11.9. The summed E-state index contributed by atoms with van der Waals surface area (Å²) in [6.07, 6.45) is -0.951. The zero-order chi connectivity index (χ0) is 13.1. The Morgan fingerprint density at radius 2 is 1.69 bits per heavy atom. The zero-order valence-electron chi connectivity index (χ0n) is 11.5. The molecule has 0 unspecified atom stereocenters. The third kappa shape index (κ3) is 5.95. The van der Waals surface area contributed by atoms with E-state index >= 15 is 0 Å². The molecule has 0 bridgehead atoms. The van der Waals surface area contributed by atoms with Crippen LogP contribution in [0.4, 0.5) is 4.79 Å². The lowest BCUT2D eigenvalue weighted by molar-refractivity contribution is -0.00558. The Bertz CT molecular complexity index is 236. The fraction of sp³-hybridized carbons (Fsp3) is 0.917. The van der Waals surface area contributed by atoms with Gasteiger partial charge in [0.25, 0.3) is 0 Å². The second kappa shape index (κ2) is 5.04. The fourth-order valence-electron chi connectivity index (χ4n) is 1.20. The van der Waals surface area contributed by atoms with Crippen LogP contribution in [-0.2, 0) is 4.74 Å². The standard InChI is InChI=1S/C12H25NO3/c1-9(14)8-13(11(2,3)4)10(15)16-12(5,6)7/h9,14H,8H2,1-7H3/t9-/m0/s1. The first-order chi connectivity index (χ1) is 6.93. The Labute approximate surface area is 98.6 Å². The molecule has 0 aromatic rings. The summed E-state index contributed by atoms with van der Waals surface area (Å²) in [6.45, 7) is 13.2. The third-order valence-electron chi connectivity index (χ3n) is 1.87. The van der Waals surface area contributed by atoms with Crippen LogP contribution >= 0.6 is 0 Å². The predicted octanol–water partition coefficient (Wildman–Crippen LogP) is 2.40. The Balaban J connectivity index is 4.71. The van der Waals surface area contributed by atoms with Crippen LogP contribution in [0.5, 0.6) is 0 Å². The summed E-state index contributed by atoms with van der Waals surface area (Å²) in [4.78, 5) is 13.5. The first-order valence-corrected chi connectivity index (χ1v) is 5.62. The lowest BCUT2D eigenvalue weighted by Crippen LogP contribution is -2.50. The molecule has 4 nitrogen and oxygen atoms in total. The van der Waals surface area contributed by atoms with Crippen LogP contribution < -0.4 is 0 Å². The molecule has 0 heterocycles. The summed E-state index contributed by atoms with van der Waals surface area (Å²) in [5, 5.41) is 9.38. The van der Waals surface area contributed by atoms with E-state index in [-0.39, 0.29) is 18.2 Å². The van der Waals surface area contributed by atoms with Gasteiger partial charge in [-0.3, -0.25) is 0 Å². The van der Waals surface area contributed by atoms with Gasteiger partial charge in [0.2, 0.25) is 0 Å². The third-order valence-corrected chi connectivity index (χ3v) is 1.87. The quantitative estimate of drug-likeness (QED) is 0.794. The molecule has 4 heteroatoms. The highest BCUT2D eigenvalue weighted by Gasteiger charge is 2.31. The predicted molar refractivity (Wildman–Crippen MR) is 64.4 cm³/mol. The molecule has 96 valence electrons. The Hall–Kier alpha value is -0.770. The number of β-amino-alcohol motifs (C(OH)–C–C–N with tert-alkyl or cyclic N) is 1. The van der Waals surface area contributed by atoms with Gasteiger partial charge in [-0.05, 0) is 48.5 Å². The number of hydrogen-bond donors (Lipinski definition) is 1. The monoisotopic (exact) mass is 231 g/mol. The smallest absolute Gasteiger partial charge is 0.410 e. The average Bonchev–Trinajstić information content (AvgIpc) is 1.93. The second-order valence-electron chi connectivity index (χ2n) is 6.11. The van der Waals surface area contributed by atoms with Crippen molar-refractivity contribution in [3.8, 4) is 0 Å². The highest BCUT2D eigenvalue weighted by Crippen LogP contribution is 2.18. The minimum atomic E-state index is -0.563. The maximum absolute atomic E-state index is 11.9. The number of ether oxygens (including phenoxy) is 1. The largest absolute Gasteiger partial charge is 0.444 e. The Morgan fingerprint density at radius 1 is 1.25 bits per heavy atom. The number of nitrogens with zero attached hydrogens (tertiary/aromatic N) is 1. The number of aliphatic hydroxyl groups is 1. The van der Waals surface area contributed by atoms with E-state index < -0.39 is 11.7 Å². The van der Waals surface area contributed by atoms with Crippen LogP contribution in [0.3, 0.4) is 0 Å². The minimum Gasteiger partial charge on any atom is -0.444 e. The van der Waals surface area contributed by atoms with Crippen molar-refractivity contribution in [1.29, 1.82) is 0 Å². The molecular formula is C12H25NO3. The van der Waals surface area contributed by atoms with Gasteiger partial charge in [-0.2, -0.15) is 0 Å². The molecule has 0 aromatic carbocycles. The molecule has 0 spiro atoms. The van der Waals surface area contributed by atoms with Crippen molar-refractivity contribution < 1.29 is 14.6 Å². The molecule has 0 saturated carbocycles. The normalized spacial score (nSPS) is 14.5. The fourth-order valence-corrected chi connectivity index (χ4v) is 1.20. The van der Waals surface area contributed by atoms with Gasteiger partial charge in [-0.1, -0.05) is 0 Å². The van der Waals surface area contributed by atoms with E-state index in [0.29, 0.717) is 0 Å². The minimum absolute atomic E-state index is 0.276. The molecular weight excluding hydrogens is 206 g/mol. The molecule has 0 fully saturated rings. The van der Waals surface area contributed by atoms with E-state index in [2.05, 4.69) is 0 Å². The Kier molecular flexibility index (Phi) is 4.80. The van der Waals surface area contributed by atoms with Crippen molar-refractivity contribution in [2.75, 3.05) is 6.54 Å². The average molecular weight is 231 g/mol. The lowest BCUT2D eigenvalue weighted by Gasteiger charge is -2.37. The highest BCUT2D eigenvalue weighted by atomic mass is 16.6. The van der Waals surface area contributed by atoms with Crippen molar-refractivity contribution in [3.63, 3.8) is 0 Å². The van der Waals surface area contributed by atoms with E-state index in [1.54, 1.807) is 11.8 Å². The topological polar surface area (TPSA) is 49.8 Å². The highest BCUT2D eigenvalue weighted by molar-refractivity contribution is 5.69. The van der Waals surface area contributed by atoms with Gasteiger partial charge in [0.05, 0.1) is 12.6 Å². The van der Waals surface area contributed by atoms with Gasteiger partial charge in [-0.15, -0.1) is 0 Å². The molecule has 0 aliphatic carbocycles. The van der Waals surface area contributed by atoms with Gasteiger partial charge in [0, 0.05) is 5.54 Å². The van der Waals surface area contributed by atoms with Gasteiger partial charge < -0.3 is 14.7 Å². The van der Waals surface area contributed by atoms with Crippen molar-refractivity contribution >= 4 is 6.09 Å². The molecule has 16 heavy (non-hydrogen) atoms. The molecule has 1 atom stereocenters. The van der Waals surface area contributed by atoms with Crippen molar-refractivity contribution in [2.24, 2.45) is 0 Å². The summed E-state index contributed by atoms with van der Waals surface area (Å²) >= 11 is 0. The SMILES string of the molecule is C[C@H](O)CN(C(=O)OC(C)(C)C)C(C)(C)C. The maximum Gasteiger partial charge on any atom is 0.410 e. The molecule has 0 aliphatic heterocycles. The van der Waals surface area contributed by atoms with Gasteiger partial charge in [-0.25, -0.2) is 4.79 Å². The van der Waals surface area contributed by atoms with Crippen molar-refractivity contribution in [1.82, 2.24) is 4.90 Å². The summed E-state index contributed by atoms with van der Waals surface area (Å²) in [6, 6.07) is 0. The van der Waals surface area contributed by atoms with Crippen LogP contribution in [0.25, 0.3) is 0 Å². The number of carbonyl (C=O) groups is 1. The summed E-state index contributed by atoms with van der Waals surface area (Å²) in [5.74, 6) is 0. The molecule has 0 aliphatic rings. The number of amides is 1. The number of aliphatic hydroxyl groups excluding tert-OH is 1. The van der Waals surface area contributed by atoms with Crippen molar-refractivity contribution in [2.45, 2.75) is 65.7 Å². The van der Waals surface area contributed by atoms with Crippen LogP contribution in [-0.4, -0.2) is 39.9 Å². The number of rotatable bonds is 2. The first kappa shape index (κ1) is 15.2. The molecule has 1 amide bonds. The molecule has 0 rings (SSSR count). The second-order valence-corrected chi connectivity index (χ2v) is 6.11. The number of hydrogen-bond acceptors (Lipinski definition) is 3. The van der Waals surface area contributed by atoms with Crippen LogP contribution in [0, 0.1) is 0 Å². The van der Waals surface area contributed by atoms with Gasteiger partial charge >= 0.3 is 6.09 Å². The van der Waals surface area contributed by atoms with Gasteiger partial charge in [0.1, 0.15) is 5.60 Å². The van der Waals surface area contributed by atoms with E-state index in [9.17, 15) is 9.90 Å². The van der Waals surface area contributed by atoms with E-state index in [4.69, 9.17) is 4.74 Å². The molecule has 0 radical (unpaired) electrons. The lowest BCUT2D eigenvalue weighted by atomic mass is 10.1. The zero-order valence-corrected chi connectivity index (χ0v) is 11.5. The summed E-state index contributed by atoms with van der Waals surface area (Å²) in [5.41, 5.74) is -0.876. The van der Waals surface area contributed by atoms with Crippen LogP contribution in [0.2, 0.25) is 0 Å². The molecule has 1 N–H and O–H groups in total. The molecule has 0 saturated heterocycles. The Morgan fingerprint density at radius 3 is 1.94 bits per heavy atom. The summed E-state index contributed by atoms with van der Waals surface area (Å²) in [7, 11) is 0. The molecule has 0 aromatic heterocycles. The first-order valence-electron chi connectivity index (χ1n) is 5.62.